The summed E-state index contributed by atoms with van der Waals surface area (Å²) in [5, 5.41) is 12.8. The average molecular weight is 318 g/mol. The van der Waals surface area contributed by atoms with Gasteiger partial charge in [-0.3, -0.25) is 4.99 Å². The minimum absolute atomic E-state index is 0.0109. The van der Waals surface area contributed by atoms with Crippen molar-refractivity contribution in [1.82, 2.24) is 0 Å². The summed E-state index contributed by atoms with van der Waals surface area (Å²) in [6, 6.07) is 6.99. The lowest BCUT2D eigenvalue weighted by atomic mass is 9.77. The van der Waals surface area contributed by atoms with E-state index in [0.717, 1.165) is 5.56 Å². The quantitative estimate of drug-likeness (QED) is 0.531. The van der Waals surface area contributed by atoms with E-state index in [4.69, 9.17) is 9.47 Å². The Kier molecular flexibility index (Phi) is 6.58. The Bertz CT molecular complexity index is 542. The molecule has 0 radical (unpaired) electrons. The normalized spacial score (nSPS) is 20.8. The molecule has 0 aromatic heterocycles. The van der Waals surface area contributed by atoms with Crippen molar-refractivity contribution < 1.29 is 14.6 Å². The van der Waals surface area contributed by atoms with Crippen molar-refractivity contribution >= 4 is 11.9 Å². The van der Waals surface area contributed by atoms with Crippen molar-refractivity contribution in [3.63, 3.8) is 0 Å². The van der Waals surface area contributed by atoms with E-state index in [1.54, 1.807) is 25.5 Å². The molecule has 1 aliphatic rings. The highest BCUT2D eigenvalue weighted by molar-refractivity contribution is 5.76. The number of ether oxygens (including phenoxy) is 2. The molecule has 6 heteroatoms. The van der Waals surface area contributed by atoms with Crippen LogP contribution in [0.25, 0.3) is 0 Å². The Hall–Kier alpha value is -1.89. The van der Waals surface area contributed by atoms with Gasteiger partial charge in [-0.2, -0.15) is 0 Å². The number of benzene rings is 1. The number of aliphatic imine (C=N–C) groups is 1. The number of aliphatic hydroxyl groups is 1. The largest absolute Gasteiger partial charge is 0.396 e. The van der Waals surface area contributed by atoms with E-state index in [1.165, 1.54) is 0 Å². The lowest BCUT2D eigenvalue weighted by molar-refractivity contribution is 0.0516. The Balaban J connectivity index is 2.12. The fourth-order valence-electron chi connectivity index (χ4n) is 2.76. The van der Waals surface area contributed by atoms with Gasteiger partial charge in [0.1, 0.15) is 11.2 Å². The first-order valence-electron chi connectivity index (χ1n) is 7.61. The third-order valence-corrected chi connectivity index (χ3v) is 4.04. The zero-order valence-corrected chi connectivity index (χ0v) is 13.2. The Morgan fingerprint density at radius 1 is 1.26 bits per heavy atom. The van der Waals surface area contributed by atoms with Gasteiger partial charge >= 0.3 is 0 Å². The van der Waals surface area contributed by atoms with Gasteiger partial charge in [-0.1, -0.05) is 18.2 Å². The highest BCUT2D eigenvalue weighted by Gasteiger charge is 2.38. The van der Waals surface area contributed by atoms with Crippen LogP contribution in [0, 0.1) is 10.8 Å². The van der Waals surface area contributed by atoms with Crippen LogP contribution in [0.5, 0.6) is 0 Å². The maximum atomic E-state index is 10.6. The summed E-state index contributed by atoms with van der Waals surface area (Å²) in [7, 11) is 1.63. The molecule has 124 valence electrons. The van der Waals surface area contributed by atoms with Crippen LogP contribution in [0.4, 0.5) is 5.69 Å². The second kappa shape index (κ2) is 8.67. The molecular weight excluding hydrogens is 296 g/mol. The summed E-state index contributed by atoms with van der Waals surface area (Å²) in [5.41, 5.74) is 0.671. The first kappa shape index (κ1) is 17.5. The summed E-state index contributed by atoms with van der Waals surface area (Å²) >= 11 is 0. The Morgan fingerprint density at radius 3 is 2.61 bits per heavy atom. The molecule has 0 bridgehead atoms. The highest BCUT2D eigenvalue weighted by Crippen LogP contribution is 2.40. The molecule has 0 saturated carbocycles. The number of aliphatic hydroxyl groups excluding tert-OH is 1. The zero-order chi connectivity index (χ0) is 16.5. The zero-order valence-electron chi connectivity index (χ0n) is 13.2. The van der Waals surface area contributed by atoms with Crippen molar-refractivity contribution in [3.05, 3.63) is 46.9 Å². The van der Waals surface area contributed by atoms with E-state index in [9.17, 15) is 10.0 Å². The topological polar surface area (TPSA) is 80.5 Å². The van der Waals surface area contributed by atoms with E-state index < -0.39 is 5.54 Å². The Labute approximate surface area is 135 Å². The molecule has 2 atom stereocenters. The minimum Gasteiger partial charge on any atom is -0.396 e. The SMILES string of the molecule is COCCOCCC(CO)C1(c2ccc(N=O)cc2)C=CC=N1. The molecule has 2 rings (SSSR count). The number of hydrogen-bond donors (Lipinski definition) is 1. The minimum atomic E-state index is -0.624. The van der Waals surface area contributed by atoms with E-state index in [-0.39, 0.29) is 12.5 Å². The summed E-state index contributed by atoms with van der Waals surface area (Å²) in [6.07, 6.45) is 6.25. The summed E-state index contributed by atoms with van der Waals surface area (Å²) in [6.45, 7) is 1.59. The number of nitroso groups, excluding NO2 is 1. The van der Waals surface area contributed by atoms with Crippen molar-refractivity contribution in [2.24, 2.45) is 16.1 Å². The van der Waals surface area contributed by atoms with Gasteiger partial charge in [0, 0.05) is 32.5 Å². The van der Waals surface area contributed by atoms with Gasteiger partial charge in [0.25, 0.3) is 0 Å². The van der Waals surface area contributed by atoms with Crippen molar-refractivity contribution in [3.8, 4) is 0 Å². The number of allylic oxidation sites excluding steroid dienone is 1. The monoisotopic (exact) mass is 318 g/mol. The molecular formula is C17H22N2O4. The maximum Gasteiger partial charge on any atom is 0.109 e. The van der Waals surface area contributed by atoms with Gasteiger partial charge in [0.05, 0.1) is 13.2 Å². The van der Waals surface area contributed by atoms with Crippen LogP contribution in [-0.4, -0.2) is 44.9 Å². The molecule has 1 aromatic rings. The number of methoxy groups -OCH3 is 1. The molecule has 23 heavy (non-hydrogen) atoms. The fraction of sp³-hybridized carbons (Fsp3) is 0.471. The molecule has 1 aromatic carbocycles. The van der Waals surface area contributed by atoms with Crippen molar-refractivity contribution in [1.29, 1.82) is 0 Å². The molecule has 0 amide bonds. The predicted molar refractivity (Wildman–Crippen MR) is 89.1 cm³/mol. The van der Waals surface area contributed by atoms with Gasteiger partial charge in [0.15, 0.2) is 0 Å². The van der Waals surface area contributed by atoms with Crippen molar-refractivity contribution in [2.45, 2.75) is 12.0 Å². The molecule has 2 unspecified atom stereocenters. The van der Waals surface area contributed by atoms with Gasteiger partial charge < -0.3 is 14.6 Å². The molecule has 0 aliphatic carbocycles. The van der Waals surface area contributed by atoms with E-state index in [2.05, 4.69) is 10.2 Å². The molecule has 0 saturated heterocycles. The third-order valence-electron chi connectivity index (χ3n) is 4.04. The van der Waals surface area contributed by atoms with E-state index in [1.807, 2.05) is 24.3 Å². The van der Waals surface area contributed by atoms with E-state index >= 15 is 0 Å². The second-order valence-corrected chi connectivity index (χ2v) is 5.37. The van der Waals surface area contributed by atoms with Crippen LogP contribution in [-0.2, 0) is 15.0 Å². The summed E-state index contributed by atoms with van der Waals surface area (Å²) in [4.78, 5) is 15.2. The Morgan fingerprint density at radius 2 is 2.04 bits per heavy atom. The predicted octanol–water partition coefficient (Wildman–Crippen LogP) is 2.58. The molecule has 0 fully saturated rings. The van der Waals surface area contributed by atoms with Crippen LogP contribution in [0.1, 0.15) is 12.0 Å². The van der Waals surface area contributed by atoms with Crippen LogP contribution in [0.3, 0.4) is 0 Å². The lowest BCUT2D eigenvalue weighted by Crippen LogP contribution is -2.33. The summed E-state index contributed by atoms with van der Waals surface area (Å²) < 4.78 is 10.5. The highest BCUT2D eigenvalue weighted by atomic mass is 16.5. The van der Waals surface area contributed by atoms with Crippen molar-refractivity contribution in [2.75, 3.05) is 33.5 Å². The van der Waals surface area contributed by atoms with Crippen LogP contribution in [0.15, 0.2) is 46.6 Å². The average Bonchev–Trinajstić information content (AvgIpc) is 3.09. The number of rotatable bonds is 10. The van der Waals surface area contributed by atoms with Crippen LogP contribution < -0.4 is 0 Å². The molecule has 1 aliphatic heterocycles. The standard InChI is InChI=1S/C17H22N2O4/c1-22-11-12-23-10-7-15(13-20)17(8-2-9-18-17)14-3-5-16(19-21)6-4-14/h2-6,8-9,15,20H,7,10-13H2,1H3. The smallest absolute Gasteiger partial charge is 0.109 e. The first-order valence-corrected chi connectivity index (χ1v) is 7.61. The third kappa shape index (κ3) is 4.10. The van der Waals surface area contributed by atoms with Gasteiger partial charge in [-0.25, -0.2) is 0 Å². The van der Waals surface area contributed by atoms with Gasteiger partial charge in [-0.05, 0) is 35.4 Å². The molecule has 1 N–H and O–H groups in total. The molecule has 6 nitrogen and oxygen atoms in total. The van der Waals surface area contributed by atoms with Crippen LogP contribution >= 0.6 is 0 Å². The second-order valence-electron chi connectivity index (χ2n) is 5.37. The van der Waals surface area contributed by atoms with E-state index in [0.29, 0.717) is 31.9 Å². The van der Waals surface area contributed by atoms with Crippen LogP contribution in [0.2, 0.25) is 0 Å². The molecule has 0 spiro atoms. The summed E-state index contributed by atoms with van der Waals surface area (Å²) in [5.74, 6) is -0.116. The fourth-order valence-corrected chi connectivity index (χ4v) is 2.76. The lowest BCUT2D eigenvalue weighted by Gasteiger charge is -2.33. The maximum absolute atomic E-state index is 10.6. The number of nitrogens with zero attached hydrogens (tertiary/aromatic N) is 2. The number of hydrogen-bond acceptors (Lipinski definition) is 6. The molecule has 1 heterocycles. The van der Waals surface area contributed by atoms with Gasteiger partial charge in [-0.15, -0.1) is 4.91 Å². The van der Waals surface area contributed by atoms with Gasteiger partial charge in [0.2, 0.25) is 0 Å². The first-order chi connectivity index (χ1) is 11.3.